The van der Waals surface area contributed by atoms with Crippen LogP contribution in [0.25, 0.3) is 0 Å². The van der Waals surface area contributed by atoms with Crippen LogP contribution in [0.5, 0.6) is 0 Å². The molecule has 1 aromatic rings. The van der Waals surface area contributed by atoms with Gasteiger partial charge >= 0.3 is 10.4 Å². The first-order valence-electron chi connectivity index (χ1n) is 11.8. The first-order valence-corrected chi connectivity index (χ1v) is 14.5. The Morgan fingerprint density at radius 3 is 1.59 bits per heavy atom. The summed E-state index contributed by atoms with van der Waals surface area (Å²) in [5.41, 5.74) is 0.00738. The highest BCUT2D eigenvalue weighted by molar-refractivity contribution is 7.81. The number of hydrogen-bond acceptors (Lipinski definition) is 7. The molecule has 1 atom stereocenters. The van der Waals surface area contributed by atoms with Gasteiger partial charge in [-0.1, -0.05) is 95.0 Å². The molecular formula is C23H43NO8S2. The van der Waals surface area contributed by atoms with Gasteiger partial charge < -0.3 is 9.04 Å². The van der Waals surface area contributed by atoms with Gasteiger partial charge in [0.1, 0.15) is 0 Å². The van der Waals surface area contributed by atoms with Crippen molar-refractivity contribution in [3.63, 3.8) is 0 Å². The fraction of sp³-hybridized carbons (Fsp3) is 0.739. The number of nitrogens with zero attached hydrogens (tertiary/aromatic N) is 1. The summed E-state index contributed by atoms with van der Waals surface area (Å²) in [5.74, 6) is -2.43. The minimum Gasteiger partial charge on any atom is -0.725 e. The molecule has 34 heavy (non-hydrogen) atoms. The Labute approximate surface area is 207 Å². The zero-order valence-electron chi connectivity index (χ0n) is 21.2. The van der Waals surface area contributed by atoms with Gasteiger partial charge in [-0.3, -0.25) is 4.55 Å². The lowest BCUT2D eigenvalue weighted by Crippen LogP contribution is -2.37. The summed E-state index contributed by atoms with van der Waals surface area (Å²) in [6.45, 7) is 2.17. The van der Waals surface area contributed by atoms with Crippen LogP contribution in [0.2, 0.25) is 0 Å². The topological polar surface area (TPSA) is 130 Å². The standard InChI is InChI=1S/C19H32O8S2.C4H12N/c1-2-3-4-5-6-7-8-9-10-14-17-19(26-28(20,21)22,27-29(23,24)25)18-15-12-11-13-16-18;1-5(2,3)4/h11-13,15-16H,2-10,14,17H2,1H3,(H,20,21,22)(H,23,24,25);1-4H3/q;+1/p-1. The predicted octanol–water partition coefficient (Wildman–Crippen LogP) is 4.77. The van der Waals surface area contributed by atoms with Gasteiger partial charge in [0.05, 0.1) is 28.2 Å². The first kappa shape index (κ1) is 32.9. The third kappa shape index (κ3) is 19.2. The molecule has 1 rings (SSSR count). The molecule has 11 heteroatoms. The van der Waals surface area contributed by atoms with E-state index in [1.54, 1.807) is 6.07 Å². The molecule has 0 aliphatic heterocycles. The first-order chi connectivity index (χ1) is 15.6. The predicted molar refractivity (Wildman–Crippen MR) is 132 cm³/mol. The van der Waals surface area contributed by atoms with E-state index in [4.69, 9.17) is 4.55 Å². The van der Waals surface area contributed by atoms with Gasteiger partial charge in [0.25, 0.3) is 0 Å². The molecule has 0 aliphatic carbocycles. The minimum absolute atomic E-state index is 0.00738. The molecule has 0 bridgehead atoms. The summed E-state index contributed by atoms with van der Waals surface area (Å²) < 4.78 is 75.7. The Bertz CT molecular complexity index is 826. The second-order valence-electron chi connectivity index (χ2n) is 9.74. The Kier molecular flexibility index (Phi) is 15.3. The number of rotatable bonds is 16. The zero-order valence-corrected chi connectivity index (χ0v) is 22.9. The van der Waals surface area contributed by atoms with Gasteiger partial charge in [-0.05, 0) is 6.42 Å². The smallest absolute Gasteiger partial charge is 0.400 e. The van der Waals surface area contributed by atoms with Gasteiger partial charge in [-0.25, -0.2) is 16.8 Å². The van der Waals surface area contributed by atoms with Gasteiger partial charge in [0.2, 0.25) is 16.2 Å². The normalized spacial score (nSPS) is 14.2. The van der Waals surface area contributed by atoms with E-state index in [1.807, 2.05) is 0 Å². The van der Waals surface area contributed by atoms with Crippen molar-refractivity contribution in [1.29, 1.82) is 0 Å². The molecule has 0 radical (unpaired) electrons. The molecule has 1 unspecified atom stereocenters. The van der Waals surface area contributed by atoms with Crippen molar-refractivity contribution >= 4 is 20.8 Å². The Balaban J connectivity index is 0.00000196. The molecule has 0 amide bonds. The molecule has 0 fully saturated rings. The highest BCUT2D eigenvalue weighted by Gasteiger charge is 2.41. The van der Waals surface area contributed by atoms with Crippen LogP contribution >= 0.6 is 0 Å². The van der Waals surface area contributed by atoms with Crippen molar-refractivity contribution < 1.29 is 38.8 Å². The lowest BCUT2D eigenvalue weighted by Gasteiger charge is -2.32. The Hall–Kier alpha value is -1.08. The lowest BCUT2D eigenvalue weighted by atomic mass is 9.98. The van der Waals surface area contributed by atoms with Crippen molar-refractivity contribution in [1.82, 2.24) is 0 Å². The maximum atomic E-state index is 11.3. The van der Waals surface area contributed by atoms with Crippen molar-refractivity contribution in [3.8, 4) is 0 Å². The SMILES string of the molecule is CCCCCCCCCCCCC(OS(=O)(=O)[O-])(OS(=O)(=O)O)c1ccccc1.C[N+](C)(C)C. The summed E-state index contributed by atoms with van der Waals surface area (Å²) in [6.07, 6.45) is 9.82. The van der Waals surface area contributed by atoms with Gasteiger partial charge in [0, 0.05) is 12.0 Å². The summed E-state index contributed by atoms with van der Waals surface area (Å²) in [5, 5.41) is 0. The number of benzene rings is 1. The van der Waals surface area contributed by atoms with Crippen molar-refractivity contribution in [3.05, 3.63) is 35.9 Å². The quantitative estimate of drug-likeness (QED) is 0.107. The van der Waals surface area contributed by atoms with E-state index in [0.717, 1.165) is 30.2 Å². The van der Waals surface area contributed by atoms with Crippen LogP contribution in [-0.2, 0) is 35.0 Å². The fourth-order valence-corrected chi connectivity index (χ4v) is 4.35. The van der Waals surface area contributed by atoms with Crippen molar-refractivity contribution in [2.75, 3.05) is 28.2 Å². The van der Waals surface area contributed by atoms with Crippen LogP contribution in [0, 0.1) is 0 Å². The second kappa shape index (κ2) is 15.8. The van der Waals surface area contributed by atoms with Gasteiger partial charge in [0.15, 0.2) is 0 Å². The summed E-state index contributed by atoms with van der Waals surface area (Å²) in [6, 6.07) is 7.38. The zero-order chi connectivity index (χ0) is 26.3. The third-order valence-corrected chi connectivity index (χ3v) is 5.50. The largest absolute Gasteiger partial charge is 0.725 e. The monoisotopic (exact) mass is 525 g/mol. The minimum atomic E-state index is -5.32. The molecule has 0 aromatic heterocycles. The number of hydrogen-bond donors (Lipinski definition) is 1. The number of quaternary nitrogens is 1. The van der Waals surface area contributed by atoms with Crippen molar-refractivity contribution in [2.45, 2.75) is 83.3 Å². The maximum absolute atomic E-state index is 11.3. The average Bonchev–Trinajstić information content (AvgIpc) is 2.66. The second-order valence-corrected chi connectivity index (χ2v) is 11.7. The summed E-state index contributed by atoms with van der Waals surface area (Å²) in [7, 11) is -1.91. The van der Waals surface area contributed by atoms with E-state index in [-0.39, 0.29) is 12.0 Å². The highest BCUT2D eigenvalue weighted by atomic mass is 32.3. The van der Waals surface area contributed by atoms with E-state index in [0.29, 0.717) is 12.8 Å². The van der Waals surface area contributed by atoms with Crippen LogP contribution in [0.3, 0.4) is 0 Å². The molecule has 0 spiro atoms. The summed E-state index contributed by atoms with van der Waals surface area (Å²) in [4.78, 5) is 0. The van der Waals surface area contributed by atoms with Crippen LogP contribution in [0.15, 0.2) is 30.3 Å². The lowest BCUT2D eigenvalue weighted by molar-refractivity contribution is -0.849. The molecule has 200 valence electrons. The average molecular weight is 526 g/mol. The van der Waals surface area contributed by atoms with Gasteiger partial charge in [-0.2, -0.15) is 8.42 Å². The van der Waals surface area contributed by atoms with Crippen LogP contribution in [0.4, 0.5) is 0 Å². The molecule has 0 heterocycles. The van der Waals surface area contributed by atoms with E-state index in [1.165, 1.54) is 49.9 Å². The summed E-state index contributed by atoms with van der Waals surface area (Å²) >= 11 is 0. The van der Waals surface area contributed by atoms with Gasteiger partial charge in [-0.15, -0.1) is 0 Å². The fourth-order valence-electron chi connectivity index (χ4n) is 3.21. The van der Waals surface area contributed by atoms with E-state index < -0.39 is 26.6 Å². The van der Waals surface area contributed by atoms with E-state index in [2.05, 4.69) is 43.5 Å². The third-order valence-electron chi connectivity index (χ3n) is 4.55. The highest BCUT2D eigenvalue weighted by Crippen LogP contribution is 2.36. The maximum Gasteiger partial charge on any atom is 0.400 e. The Morgan fingerprint density at radius 1 is 0.794 bits per heavy atom. The molecular weight excluding hydrogens is 482 g/mol. The van der Waals surface area contributed by atoms with Crippen molar-refractivity contribution in [2.24, 2.45) is 0 Å². The Morgan fingerprint density at radius 2 is 1.21 bits per heavy atom. The van der Waals surface area contributed by atoms with Crippen LogP contribution < -0.4 is 0 Å². The van der Waals surface area contributed by atoms with Crippen LogP contribution in [-0.4, -0.2) is 58.6 Å². The molecule has 1 N–H and O–H groups in total. The molecule has 0 saturated heterocycles. The van der Waals surface area contributed by atoms with E-state index in [9.17, 15) is 21.4 Å². The molecule has 0 saturated carbocycles. The van der Waals surface area contributed by atoms with E-state index >= 15 is 0 Å². The van der Waals surface area contributed by atoms with Crippen LogP contribution in [0.1, 0.15) is 83.1 Å². The molecule has 0 aliphatic rings. The number of unbranched alkanes of at least 4 members (excludes halogenated alkanes) is 9. The molecule has 9 nitrogen and oxygen atoms in total. The molecule has 1 aromatic carbocycles.